The highest BCUT2D eigenvalue weighted by Crippen LogP contribution is 2.42. The number of hydrogen-bond donors (Lipinski definition) is 16. The van der Waals surface area contributed by atoms with Crippen LogP contribution in [0.1, 0.15) is 157 Å². The standard InChI is InChI=1S/C25H25BN4O7S.C21H25BN4O6S.C19H22BN5O7S.C19H20BN3O6S/c1-14(27)15-5-7-18(8-6-15)35-9-10-36-30-22(20-13-38-25(28)29-20)21(31)12-17-11-16-3-2-4-19(24(32)33)23(16)37-26(17)34;23-21-25-16(11-33-21)18(26-31-10-12-4-6-24-7-5-12)17(27)9-14-8-13-2-1-3-15(20(28)29)19(13)32-22(14)30;21-4-5-23-15(27)8-31-25-16(13-9-33-19(22)24-13)14(26)7-11-6-10-2-1-3-12(18(28)29)17(10)32-20(11)30;21-19-22-14(9-30-19)16(23-29-12-4-2-5-12)15(24)8-11-7-10-3-1-6-13(18(25)26)17(10)28-20(11)27/h2-8,13,17,27,34H,9-12H2,1H3,(H2,28,29)(H,32,33);1-3,11-12,14,24,30H,4-10H2,(H2,23,25)(H,28,29);1-3,9,11,30H,4-8,21H2,(H2,22,24)(H,23,27)(H,28,29);1,3,6,9,11-12,27H,2,4-5,7-8H2,(H2,21,22)(H,25,26)/b27-14?,30-22-;26-18-;25-16-;23-16-/t17-;14-;2*11-/m1111/s1. The molecular formula is C84H92B4N16O26S4. The van der Waals surface area contributed by atoms with Crippen LogP contribution in [0.25, 0.3) is 0 Å². The number of para-hydroxylation sites is 4. The number of aromatic carboxylic acids is 4. The number of fused-ring (bicyclic) bond motifs is 4. The summed E-state index contributed by atoms with van der Waals surface area (Å²) in [4.78, 5) is 148. The lowest BCUT2D eigenvalue weighted by molar-refractivity contribution is -0.126. The number of carbonyl (C=O) groups is 9. The lowest BCUT2D eigenvalue weighted by Crippen LogP contribution is -2.37. The predicted molar refractivity (Wildman–Crippen MR) is 497 cm³/mol. The predicted octanol–water partition coefficient (Wildman–Crippen LogP) is 6.45. The van der Waals surface area contributed by atoms with Crippen molar-refractivity contribution in [2.45, 2.75) is 120 Å². The molecule has 2 fully saturated rings. The number of anilines is 4. The quantitative estimate of drug-likeness (QED) is 0.00867. The number of nitrogen functional groups attached to an aromatic ring is 4. The molecule has 1 amide bonds. The molecule has 1 aliphatic carbocycles. The number of carboxylic acid groups (broad SMARTS) is 4. The first-order chi connectivity index (χ1) is 64.4. The van der Waals surface area contributed by atoms with E-state index in [0.29, 0.717) is 74.3 Å². The summed E-state index contributed by atoms with van der Waals surface area (Å²) in [5.41, 5.74) is 32.6. The van der Waals surface area contributed by atoms with Gasteiger partial charge in [0.1, 0.15) is 70.8 Å². The van der Waals surface area contributed by atoms with Crippen molar-refractivity contribution in [3.63, 3.8) is 0 Å². The van der Waals surface area contributed by atoms with E-state index in [1.807, 2.05) is 0 Å². The van der Waals surface area contributed by atoms with E-state index in [0.717, 1.165) is 73.4 Å². The van der Waals surface area contributed by atoms with Gasteiger partial charge in [-0.3, -0.25) is 24.0 Å². The maximum atomic E-state index is 13.2. The lowest BCUT2D eigenvalue weighted by atomic mass is 9.64. The first-order valence-corrected chi connectivity index (χ1v) is 45.5. The molecule has 42 nitrogen and oxygen atoms in total. The molecule has 6 aliphatic rings. The van der Waals surface area contributed by atoms with Gasteiger partial charge in [-0.2, -0.15) is 0 Å². The number of nitrogens with zero attached hydrogens (tertiary/aromatic N) is 8. The second-order valence-corrected chi connectivity index (χ2v) is 34.8. The number of rotatable bonds is 36. The van der Waals surface area contributed by atoms with Crippen molar-refractivity contribution in [2.24, 2.45) is 32.3 Å². The molecule has 1 saturated heterocycles. The van der Waals surface area contributed by atoms with Crippen LogP contribution in [-0.2, 0) is 69.0 Å². The van der Waals surface area contributed by atoms with Crippen LogP contribution in [0.15, 0.2) is 139 Å². The molecule has 9 aromatic rings. The fourth-order valence-electron chi connectivity index (χ4n) is 14.6. The number of nitrogens with one attached hydrogen (secondary N) is 3. The minimum atomic E-state index is -1.41. The SMILES string of the molecule is CC(=N)c1ccc(OCCO/N=C(\C(=O)C[C@H]2Cc3cccc(C(=O)O)c3OB2O)c2csc(N)n2)cc1.NCCNC(=O)CO/N=C(\C(=O)C[C@H]1Cc2cccc(C(=O)O)c2OB1O)c1csc(N)n1.Nc1nc(/C(=N/OC2CCC2)C(=O)C[C@H]2Cc3cccc(C(=O)O)c3OB2O)cs1.Nc1nc(/C(=N/OCC2CCNCC2)C(=O)C[C@H]2Cc3cccc(C(=O)O)c3OB2O)cs1. The molecule has 1 saturated carbocycles. The van der Waals surface area contributed by atoms with E-state index in [9.17, 15) is 83.7 Å². The van der Waals surface area contributed by atoms with Gasteiger partial charge in [-0.1, -0.05) is 69.2 Å². The Morgan fingerprint density at radius 3 is 1.13 bits per heavy atom. The maximum Gasteiger partial charge on any atom is 0.526 e. The molecule has 0 radical (unpaired) electrons. The van der Waals surface area contributed by atoms with E-state index in [1.165, 1.54) is 52.3 Å². The molecule has 0 spiro atoms. The van der Waals surface area contributed by atoms with Crippen molar-refractivity contribution in [3.8, 4) is 28.7 Å². The van der Waals surface area contributed by atoms with Crippen LogP contribution in [0.2, 0.25) is 23.3 Å². The molecule has 134 heavy (non-hydrogen) atoms. The smallest absolute Gasteiger partial charge is 0.526 e. The van der Waals surface area contributed by atoms with Gasteiger partial charge in [0.15, 0.2) is 79.7 Å². The molecule has 4 aromatic heterocycles. The zero-order valence-corrected chi connectivity index (χ0v) is 75.0. The van der Waals surface area contributed by atoms with Crippen LogP contribution in [0.4, 0.5) is 20.5 Å². The number of amides is 1. The number of benzene rings is 5. The second kappa shape index (κ2) is 47.2. The highest BCUT2D eigenvalue weighted by Gasteiger charge is 2.44. The van der Waals surface area contributed by atoms with Gasteiger partial charge in [0.2, 0.25) is 0 Å². The summed E-state index contributed by atoms with van der Waals surface area (Å²) in [5.74, 6) is -7.85. The summed E-state index contributed by atoms with van der Waals surface area (Å²) >= 11 is 4.63. The van der Waals surface area contributed by atoms with E-state index in [1.54, 1.807) is 95.9 Å². The minimum Gasteiger partial charge on any atom is -0.535 e. The summed E-state index contributed by atoms with van der Waals surface area (Å²) in [5, 5.41) is 116. The number of thiazole rings is 4. The average Bonchev–Trinajstić information content (AvgIpc) is 1.24. The minimum absolute atomic E-state index is 0.00583. The first-order valence-electron chi connectivity index (χ1n) is 41.9. The third-order valence-electron chi connectivity index (χ3n) is 21.7. The van der Waals surface area contributed by atoms with Crippen LogP contribution in [0.5, 0.6) is 28.7 Å². The Hall–Kier alpha value is -13.6. The van der Waals surface area contributed by atoms with Crippen molar-refractivity contribution in [1.29, 1.82) is 5.41 Å². The largest absolute Gasteiger partial charge is 0.535 e. The summed E-state index contributed by atoms with van der Waals surface area (Å²) in [7, 11) is -5.45. The van der Waals surface area contributed by atoms with Gasteiger partial charge in [0, 0.05) is 89.3 Å². The highest BCUT2D eigenvalue weighted by molar-refractivity contribution is 7.14. The lowest BCUT2D eigenvalue weighted by Gasteiger charge is -2.28. The molecular weight excluding hydrogens is 1820 g/mol. The fraction of sp³-hybridized carbons (Fsp3) is 0.333. The molecule has 9 heterocycles. The summed E-state index contributed by atoms with van der Waals surface area (Å²) in [6.45, 7) is 4.26. The van der Waals surface area contributed by atoms with E-state index in [4.69, 9.17) is 76.8 Å². The van der Waals surface area contributed by atoms with E-state index < -0.39 is 99.7 Å². The van der Waals surface area contributed by atoms with E-state index in [-0.39, 0.29) is 179 Å². The molecule has 4 atom stereocenters. The molecule has 700 valence electrons. The van der Waals surface area contributed by atoms with Gasteiger partial charge in [-0.15, -0.1) is 45.3 Å². The molecule has 50 heteroatoms. The van der Waals surface area contributed by atoms with Crippen molar-refractivity contribution in [3.05, 3.63) is 191 Å². The number of nitrogens with two attached hydrogens (primary N) is 5. The average molecular weight is 1910 g/mol. The molecule has 0 bridgehead atoms. The zero-order valence-electron chi connectivity index (χ0n) is 71.7. The zero-order chi connectivity index (χ0) is 95.8. The number of oxime groups is 4. The van der Waals surface area contributed by atoms with Crippen molar-refractivity contribution >= 4 is 176 Å². The number of ether oxygens (including phenoxy) is 1. The third-order valence-corrected chi connectivity index (χ3v) is 24.4. The monoisotopic (exact) mass is 1910 g/mol. The summed E-state index contributed by atoms with van der Waals surface area (Å²) in [6, 6.07) is 25.8. The van der Waals surface area contributed by atoms with Crippen molar-refractivity contribution in [2.75, 3.05) is 75.5 Å². The summed E-state index contributed by atoms with van der Waals surface area (Å²) in [6.07, 6.45) is 5.33. The van der Waals surface area contributed by atoms with Crippen LogP contribution in [-0.4, -0.2) is 229 Å². The topological polar surface area (TPSA) is 678 Å². The van der Waals surface area contributed by atoms with Gasteiger partial charge in [-0.05, 0) is 160 Å². The Balaban J connectivity index is 0.000000161. The van der Waals surface area contributed by atoms with E-state index in [2.05, 4.69) is 51.2 Å². The molecule has 15 rings (SSSR count). The number of Topliss-reactive ketones (excluding diaryl/α,β-unsaturated/α-hetero) is 4. The van der Waals surface area contributed by atoms with Gasteiger partial charge >= 0.3 is 52.4 Å². The third kappa shape index (κ3) is 26.7. The molecule has 5 aromatic carbocycles. The molecule has 0 unspecified atom stereocenters. The Morgan fingerprint density at radius 1 is 0.478 bits per heavy atom. The number of piperidine rings is 1. The van der Waals surface area contributed by atoms with Crippen LogP contribution in [0.3, 0.4) is 0 Å². The van der Waals surface area contributed by atoms with Crippen molar-refractivity contribution in [1.82, 2.24) is 30.6 Å². The Morgan fingerprint density at radius 2 is 0.821 bits per heavy atom. The first kappa shape index (κ1) is 99.4. The summed E-state index contributed by atoms with van der Waals surface area (Å²) < 4.78 is 27.5. The highest BCUT2D eigenvalue weighted by atomic mass is 32.1. The van der Waals surface area contributed by atoms with Gasteiger partial charge < -0.3 is 128 Å². The maximum absolute atomic E-state index is 13.2. The van der Waals surface area contributed by atoms with Gasteiger partial charge in [-0.25, -0.2) is 39.1 Å². The normalized spacial score (nSPS) is 16.9. The van der Waals surface area contributed by atoms with Crippen molar-refractivity contribution < 1.29 is 126 Å². The number of carboxylic acids is 4. The van der Waals surface area contributed by atoms with E-state index >= 15 is 0 Å². The van der Waals surface area contributed by atoms with Gasteiger partial charge in [0.25, 0.3) is 5.91 Å². The Labute approximate surface area is 781 Å². The second-order valence-electron chi connectivity index (χ2n) is 31.2. The molecule has 21 N–H and O–H groups in total. The number of carbonyl (C=O) groups excluding carboxylic acids is 5. The van der Waals surface area contributed by atoms with Crippen LogP contribution < -0.4 is 62.7 Å². The number of aromatic nitrogens is 4. The Bertz CT molecular complexity index is 5910. The van der Waals surface area contributed by atoms with Crippen LogP contribution >= 0.6 is 45.3 Å². The number of hydrogen-bond acceptors (Lipinski definition) is 41. The molecule has 5 aliphatic heterocycles. The Kier molecular flexibility index (Phi) is 35.0. The number of ketones is 4. The van der Waals surface area contributed by atoms with Gasteiger partial charge in [0.05, 0.1) is 22.3 Å². The van der Waals surface area contributed by atoms with Crippen LogP contribution in [0, 0.1) is 11.3 Å². The fourth-order valence-corrected chi connectivity index (χ4v) is 16.8.